The second kappa shape index (κ2) is 7.56. The smallest absolute Gasteiger partial charge is 0.251 e. The monoisotopic (exact) mass is 352 g/mol. The van der Waals surface area contributed by atoms with Crippen molar-refractivity contribution in [2.75, 3.05) is 0 Å². The Bertz CT molecular complexity index is 681. The molecule has 1 N–H and O–H groups in total. The standard InChI is InChI=1S/C23H32N2O/c1-16-9-8-14-21(17(16)2)24-22-19-12-6-7-13-20(19)23(26)25(22)15-18-10-4-3-5-11-18/h3-5,10-11,16-17,21-22,24H,6-9,12-15H2,1-2H3/t16-,17+,21+,22-/m1/s1. The summed E-state index contributed by atoms with van der Waals surface area (Å²) < 4.78 is 0. The van der Waals surface area contributed by atoms with Gasteiger partial charge in [-0.1, -0.05) is 57.0 Å². The van der Waals surface area contributed by atoms with E-state index in [1.165, 1.54) is 36.8 Å². The first kappa shape index (κ1) is 17.8. The van der Waals surface area contributed by atoms with Crippen molar-refractivity contribution in [2.24, 2.45) is 11.8 Å². The number of nitrogens with one attached hydrogen (secondary N) is 1. The maximum atomic E-state index is 13.2. The van der Waals surface area contributed by atoms with E-state index in [1.54, 1.807) is 0 Å². The molecule has 0 spiro atoms. The molecule has 1 saturated carbocycles. The van der Waals surface area contributed by atoms with Gasteiger partial charge in [-0.15, -0.1) is 0 Å². The second-order valence-electron chi connectivity index (χ2n) is 8.57. The zero-order valence-corrected chi connectivity index (χ0v) is 16.2. The Morgan fingerprint density at radius 1 is 1.04 bits per heavy atom. The lowest BCUT2D eigenvalue weighted by molar-refractivity contribution is -0.128. The Kier molecular flexibility index (Phi) is 5.17. The summed E-state index contributed by atoms with van der Waals surface area (Å²) in [5.41, 5.74) is 3.72. The number of rotatable bonds is 4. The molecule has 26 heavy (non-hydrogen) atoms. The van der Waals surface area contributed by atoms with Gasteiger partial charge in [0.05, 0.1) is 0 Å². The van der Waals surface area contributed by atoms with Crippen molar-refractivity contribution in [3.8, 4) is 0 Å². The van der Waals surface area contributed by atoms with Crippen LogP contribution in [0.3, 0.4) is 0 Å². The molecule has 3 heteroatoms. The number of nitrogens with zero attached hydrogens (tertiary/aromatic N) is 1. The van der Waals surface area contributed by atoms with E-state index in [1.807, 2.05) is 6.07 Å². The Morgan fingerprint density at radius 3 is 2.62 bits per heavy atom. The van der Waals surface area contributed by atoms with Crippen molar-refractivity contribution in [2.45, 2.75) is 77.5 Å². The number of hydrogen-bond acceptors (Lipinski definition) is 2. The van der Waals surface area contributed by atoms with E-state index in [9.17, 15) is 4.79 Å². The molecule has 1 aromatic rings. The predicted octanol–water partition coefficient (Wildman–Crippen LogP) is 4.64. The highest BCUT2D eigenvalue weighted by Crippen LogP contribution is 2.38. The molecule has 1 fully saturated rings. The van der Waals surface area contributed by atoms with Crippen LogP contribution in [0.25, 0.3) is 0 Å². The van der Waals surface area contributed by atoms with Gasteiger partial charge < -0.3 is 4.90 Å². The summed E-state index contributed by atoms with van der Waals surface area (Å²) >= 11 is 0. The Hall–Kier alpha value is -1.61. The van der Waals surface area contributed by atoms with Crippen LogP contribution >= 0.6 is 0 Å². The van der Waals surface area contributed by atoms with E-state index in [4.69, 9.17) is 0 Å². The molecule has 2 aliphatic carbocycles. The second-order valence-corrected chi connectivity index (χ2v) is 8.57. The van der Waals surface area contributed by atoms with Gasteiger partial charge in [-0.3, -0.25) is 10.1 Å². The van der Waals surface area contributed by atoms with Crippen LogP contribution in [0.1, 0.15) is 64.4 Å². The van der Waals surface area contributed by atoms with Crippen molar-refractivity contribution in [1.82, 2.24) is 10.2 Å². The van der Waals surface area contributed by atoms with Crippen LogP contribution in [0.4, 0.5) is 0 Å². The topological polar surface area (TPSA) is 32.3 Å². The maximum Gasteiger partial charge on any atom is 0.251 e. The molecule has 140 valence electrons. The SMILES string of the molecule is C[C@H]1[C@H](C)CCC[C@@H]1N[C@H]1C2=C(CCCC2)C(=O)N1Cc1ccccc1. The summed E-state index contributed by atoms with van der Waals surface area (Å²) in [6.07, 6.45) is 8.41. The quantitative estimate of drug-likeness (QED) is 0.856. The predicted molar refractivity (Wildman–Crippen MR) is 105 cm³/mol. The fourth-order valence-electron chi connectivity index (χ4n) is 5.11. The van der Waals surface area contributed by atoms with E-state index in [2.05, 4.69) is 48.3 Å². The molecule has 3 nitrogen and oxygen atoms in total. The highest BCUT2D eigenvalue weighted by Gasteiger charge is 2.41. The third kappa shape index (κ3) is 3.34. The van der Waals surface area contributed by atoms with Crippen LogP contribution in [-0.2, 0) is 11.3 Å². The van der Waals surface area contributed by atoms with Gasteiger partial charge in [0.25, 0.3) is 5.91 Å². The van der Waals surface area contributed by atoms with Crippen LogP contribution in [0.15, 0.2) is 41.5 Å². The molecule has 0 saturated heterocycles. The van der Waals surface area contributed by atoms with Crippen LogP contribution in [0, 0.1) is 11.8 Å². The fourth-order valence-corrected chi connectivity index (χ4v) is 5.11. The lowest BCUT2D eigenvalue weighted by Crippen LogP contribution is -2.52. The molecule has 3 aliphatic rings. The molecule has 0 radical (unpaired) electrons. The molecule has 1 amide bonds. The Labute approximate surface area is 157 Å². The first-order valence-corrected chi connectivity index (χ1v) is 10.5. The summed E-state index contributed by atoms with van der Waals surface area (Å²) in [4.78, 5) is 15.3. The van der Waals surface area contributed by atoms with Crippen molar-refractivity contribution in [1.29, 1.82) is 0 Å². The molecular formula is C23H32N2O. The third-order valence-electron chi connectivity index (χ3n) is 6.95. The van der Waals surface area contributed by atoms with Crippen molar-refractivity contribution in [3.63, 3.8) is 0 Å². The van der Waals surface area contributed by atoms with Gasteiger partial charge in [0.2, 0.25) is 0 Å². The maximum absolute atomic E-state index is 13.2. The highest BCUT2D eigenvalue weighted by molar-refractivity contribution is 5.97. The summed E-state index contributed by atoms with van der Waals surface area (Å²) in [6.45, 7) is 5.47. The zero-order chi connectivity index (χ0) is 18.1. The average molecular weight is 353 g/mol. The van der Waals surface area contributed by atoms with Crippen molar-refractivity contribution in [3.05, 3.63) is 47.0 Å². The highest BCUT2D eigenvalue weighted by atomic mass is 16.2. The molecule has 1 aliphatic heterocycles. The molecule has 0 bridgehead atoms. The fraction of sp³-hybridized carbons (Fsp3) is 0.609. The van der Waals surface area contributed by atoms with E-state index < -0.39 is 0 Å². The number of amides is 1. The summed E-state index contributed by atoms with van der Waals surface area (Å²) in [5, 5.41) is 3.95. The zero-order valence-electron chi connectivity index (χ0n) is 16.2. The third-order valence-corrected chi connectivity index (χ3v) is 6.95. The lowest BCUT2D eigenvalue weighted by Gasteiger charge is -2.39. The number of benzene rings is 1. The minimum Gasteiger partial charge on any atom is -0.315 e. The number of hydrogen-bond donors (Lipinski definition) is 1. The summed E-state index contributed by atoms with van der Waals surface area (Å²) in [6, 6.07) is 11.0. The largest absolute Gasteiger partial charge is 0.315 e. The normalized spacial score (nSPS) is 32.1. The van der Waals surface area contributed by atoms with Gasteiger partial charge in [0, 0.05) is 18.2 Å². The van der Waals surface area contributed by atoms with Crippen LogP contribution in [-0.4, -0.2) is 23.0 Å². The molecule has 0 aromatic heterocycles. The molecular weight excluding hydrogens is 320 g/mol. The molecule has 4 rings (SSSR count). The van der Waals surface area contributed by atoms with Gasteiger partial charge in [-0.2, -0.15) is 0 Å². The van der Waals surface area contributed by atoms with Crippen molar-refractivity contribution < 1.29 is 4.79 Å². The van der Waals surface area contributed by atoms with Gasteiger partial charge in [-0.05, 0) is 55.1 Å². The van der Waals surface area contributed by atoms with E-state index in [0.717, 1.165) is 30.8 Å². The molecule has 1 aromatic carbocycles. The Morgan fingerprint density at radius 2 is 1.81 bits per heavy atom. The molecule has 1 heterocycles. The van der Waals surface area contributed by atoms with Gasteiger partial charge in [0.1, 0.15) is 6.17 Å². The van der Waals surface area contributed by atoms with Crippen LogP contribution < -0.4 is 5.32 Å². The van der Waals surface area contributed by atoms with Crippen molar-refractivity contribution >= 4 is 5.91 Å². The van der Waals surface area contributed by atoms with Gasteiger partial charge in [0.15, 0.2) is 0 Å². The minimum atomic E-state index is 0.107. The van der Waals surface area contributed by atoms with Crippen LogP contribution in [0.2, 0.25) is 0 Å². The number of carbonyl (C=O) groups is 1. The minimum absolute atomic E-state index is 0.107. The van der Waals surface area contributed by atoms with Gasteiger partial charge >= 0.3 is 0 Å². The number of carbonyl (C=O) groups excluding carboxylic acids is 1. The first-order valence-electron chi connectivity index (χ1n) is 10.5. The molecule has 0 unspecified atom stereocenters. The molecule has 4 atom stereocenters. The van der Waals surface area contributed by atoms with Crippen LogP contribution in [0.5, 0.6) is 0 Å². The first-order chi connectivity index (χ1) is 12.6. The average Bonchev–Trinajstić information content (AvgIpc) is 2.92. The van der Waals surface area contributed by atoms with E-state index in [0.29, 0.717) is 18.5 Å². The Balaban J connectivity index is 1.58. The summed E-state index contributed by atoms with van der Waals surface area (Å²) in [7, 11) is 0. The summed E-state index contributed by atoms with van der Waals surface area (Å²) in [5.74, 6) is 1.71. The van der Waals surface area contributed by atoms with E-state index in [-0.39, 0.29) is 12.1 Å². The van der Waals surface area contributed by atoms with Gasteiger partial charge in [-0.25, -0.2) is 0 Å². The lowest BCUT2D eigenvalue weighted by atomic mass is 9.77. The van der Waals surface area contributed by atoms with E-state index >= 15 is 0 Å².